The first kappa shape index (κ1) is 18.9. The summed E-state index contributed by atoms with van der Waals surface area (Å²) < 4.78 is 1.48. The smallest absolute Gasteiger partial charge is 0.280 e. The zero-order chi connectivity index (χ0) is 20.8. The quantitative estimate of drug-likeness (QED) is 0.522. The Balaban J connectivity index is 1.63. The number of benzene rings is 2. The second kappa shape index (κ2) is 7.29. The van der Waals surface area contributed by atoms with E-state index in [1.807, 2.05) is 23.1 Å². The summed E-state index contributed by atoms with van der Waals surface area (Å²) in [4.78, 5) is 32.4. The highest BCUT2D eigenvalue weighted by Gasteiger charge is 2.22. The van der Waals surface area contributed by atoms with Gasteiger partial charge in [0, 0.05) is 35.3 Å². The Morgan fingerprint density at radius 2 is 1.97 bits per heavy atom. The van der Waals surface area contributed by atoms with Gasteiger partial charge in [0.25, 0.3) is 11.5 Å². The van der Waals surface area contributed by atoms with E-state index in [-0.39, 0.29) is 11.5 Å². The number of hydrogen-bond donors (Lipinski definition) is 1. The number of carbonyl (C=O) groups excluding carboxylic acids is 1. The molecule has 2 aromatic heterocycles. The van der Waals surface area contributed by atoms with Crippen molar-refractivity contribution in [3.8, 4) is 5.69 Å². The number of fused-ring (bicyclic) bond motifs is 3. The highest BCUT2D eigenvalue weighted by molar-refractivity contribution is 6.30. The topological polar surface area (TPSA) is 71.0 Å². The lowest BCUT2D eigenvalue weighted by Gasteiger charge is -2.31. The van der Waals surface area contributed by atoms with Crippen LogP contribution in [-0.4, -0.2) is 38.7 Å². The molecule has 1 amide bonds. The number of rotatable bonds is 2. The SMILES string of the molecule is C[C@@H]1CCCN(C(=O)c2ccc3ncc4c(=O)n(-c5ccc(Cl)cc5)[nH]c4c3c2)C1. The third kappa shape index (κ3) is 3.17. The van der Waals surface area contributed by atoms with Crippen LogP contribution in [0.4, 0.5) is 0 Å². The predicted octanol–water partition coefficient (Wildman–Crippen LogP) is 4.39. The van der Waals surface area contributed by atoms with Crippen LogP contribution in [0.5, 0.6) is 0 Å². The van der Waals surface area contributed by atoms with Crippen LogP contribution in [0.3, 0.4) is 0 Å². The standard InChI is InChI=1S/C23H21ClN4O2/c1-14-3-2-10-27(13-14)22(29)15-4-9-20-18(11-15)21-19(12-25-20)23(30)28(26-21)17-7-5-16(24)6-8-17/h4-9,11-12,14,26H,2-3,10,13H2,1H3/t14-/m1/s1. The molecule has 30 heavy (non-hydrogen) atoms. The van der Waals surface area contributed by atoms with Crippen molar-refractivity contribution in [2.24, 2.45) is 5.92 Å². The lowest BCUT2D eigenvalue weighted by atomic mass is 9.99. The van der Waals surface area contributed by atoms with Gasteiger partial charge in [0.05, 0.1) is 22.1 Å². The van der Waals surface area contributed by atoms with Gasteiger partial charge < -0.3 is 4.90 Å². The number of nitrogens with zero attached hydrogens (tertiary/aromatic N) is 3. The van der Waals surface area contributed by atoms with Crippen molar-refractivity contribution < 1.29 is 4.79 Å². The van der Waals surface area contributed by atoms with Crippen LogP contribution < -0.4 is 5.56 Å². The van der Waals surface area contributed by atoms with Gasteiger partial charge in [-0.3, -0.25) is 19.7 Å². The van der Waals surface area contributed by atoms with Crippen molar-refractivity contribution in [1.82, 2.24) is 19.7 Å². The average Bonchev–Trinajstić information content (AvgIpc) is 3.10. The number of amides is 1. The van der Waals surface area contributed by atoms with Crippen molar-refractivity contribution in [2.45, 2.75) is 19.8 Å². The van der Waals surface area contributed by atoms with Crippen LogP contribution in [0.15, 0.2) is 53.5 Å². The summed E-state index contributed by atoms with van der Waals surface area (Å²) in [7, 11) is 0. The molecule has 1 aliphatic heterocycles. The summed E-state index contributed by atoms with van der Waals surface area (Å²) in [5.41, 5.74) is 2.51. The molecule has 0 radical (unpaired) electrons. The second-order valence-corrected chi connectivity index (χ2v) is 8.44. The molecule has 5 rings (SSSR count). The van der Waals surface area contributed by atoms with Crippen molar-refractivity contribution in [1.29, 1.82) is 0 Å². The van der Waals surface area contributed by atoms with Crippen LogP contribution in [0.2, 0.25) is 5.02 Å². The molecule has 6 nitrogen and oxygen atoms in total. The summed E-state index contributed by atoms with van der Waals surface area (Å²) in [5, 5.41) is 5.03. The summed E-state index contributed by atoms with van der Waals surface area (Å²) in [6, 6.07) is 12.5. The molecular formula is C23H21ClN4O2. The van der Waals surface area contributed by atoms with Crippen molar-refractivity contribution in [3.63, 3.8) is 0 Å². The molecule has 1 N–H and O–H groups in total. The lowest BCUT2D eigenvalue weighted by Crippen LogP contribution is -2.39. The number of pyridine rings is 1. The maximum Gasteiger partial charge on any atom is 0.280 e. The molecule has 7 heteroatoms. The summed E-state index contributed by atoms with van der Waals surface area (Å²) in [5.74, 6) is 0.543. The maximum absolute atomic E-state index is 13.1. The minimum atomic E-state index is -0.191. The highest BCUT2D eigenvalue weighted by atomic mass is 35.5. The molecule has 1 atom stereocenters. The lowest BCUT2D eigenvalue weighted by molar-refractivity contribution is 0.0683. The predicted molar refractivity (Wildman–Crippen MR) is 119 cm³/mol. The Labute approximate surface area is 178 Å². The maximum atomic E-state index is 13.1. The fourth-order valence-electron chi connectivity index (χ4n) is 4.22. The molecule has 152 valence electrons. The van der Waals surface area contributed by atoms with Gasteiger partial charge in [-0.25, -0.2) is 4.68 Å². The van der Waals surface area contributed by atoms with E-state index < -0.39 is 0 Å². The molecule has 1 aliphatic rings. The molecule has 0 aliphatic carbocycles. The highest BCUT2D eigenvalue weighted by Crippen LogP contribution is 2.24. The number of hydrogen-bond acceptors (Lipinski definition) is 3. The van der Waals surface area contributed by atoms with Crippen LogP contribution in [0, 0.1) is 5.92 Å². The van der Waals surface area contributed by atoms with E-state index in [2.05, 4.69) is 17.0 Å². The van der Waals surface area contributed by atoms with Gasteiger partial charge in [0.15, 0.2) is 0 Å². The Kier molecular flexibility index (Phi) is 4.59. The number of H-pyrrole nitrogens is 1. The van der Waals surface area contributed by atoms with Gasteiger partial charge in [-0.1, -0.05) is 18.5 Å². The first-order chi connectivity index (χ1) is 14.5. The van der Waals surface area contributed by atoms with E-state index in [0.717, 1.165) is 36.8 Å². The minimum Gasteiger partial charge on any atom is -0.338 e. The first-order valence-corrected chi connectivity index (χ1v) is 10.5. The Bertz CT molecular complexity index is 1320. The average molecular weight is 421 g/mol. The van der Waals surface area contributed by atoms with E-state index in [9.17, 15) is 9.59 Å². The number of halogens is 1. The Morgan fingerprint density at radius 3 is 2.73 bits per heavy atom. The third-order valence-corrected chi connectivity index (χ3v) is 6.05. The van der Waals surface area contributed by atoms with Gasteiger partial charge in [0.2, 0.25) is 0 Å². The molecule has 0 unspecified atom stereocenters. The van der Waals surface area contributed by atoms with E-state index in [4.69, 9.17) is 11.6 Å². The molecule has 0 bridgehead atoms. The first-order valence-electron chi connectivity index (χ1n) is 10.1. The fraction of sp³-hybridized carbons (Fsp3) is 0.261. The molecule has 3 heterocycles. The molecule has 4 aromatic rings. The minimum absolute atomic E-state index is 0.0277. The molecule has 0 spiro atoms. The molecule has 2 aromatic carbocycles. The van der Waals surface area contributed by atoms with Crippen LogP contribution >= 0.6 is 11.6 Å². The third-order valence-electron chi connectivity index (χ3n) is 5.80. The molecular weight excluding hydrogens is 400 g/mol. The Morgan fingerprint density at radius 1 is 1.17 bits per heavy atom. The van der Waals surface area contributed by atoms with Crippen LogP contribution in [0.25, 0.3) is 27.5 Å². The van der Waals surface area contributed by atoms with Crippen molar-refractivity contribution in [3.05, 3.63) is 69.6 Å². The van der Waals surface area contributed by atoms with Gasteiger partial charge >= 0.3 is 0 Å². The van der Waals surface area contributed by atoms with Crippen LogP contribution in [-0.2, 0) is 0 Å². The van der Waals surface area contributed by atoms with E-state index in [0.29, 0.717) is 33.1 Å². The monoisotopic (exact) mass is 420 g/mol. The summed E-state index contributed by atoms with van der Waals surface area (Å²) >= 11 is 5.97. The second-order valence-electron chi connectivity index (χ2n) is 8.01. The number of carbonyl (C=O) groups is 1. The largest absolute Gasteiger partial charge is 0.338 e. The van der Waals surface area contributed by atoms with Crippen molar-refractivity contribution >= 4 is 39.3 Å². The van der Waals surface area contributed by atoms with Gasteiger partial charge in [-0.15, -0.1) is 0 Å². The molecule has 1 fully saturated rings. The van der Waals surface area contributed by atoms with Crippen LogP contribution in [0.1, 0.15) is 30.1 Å². The number of aromatic amines is 1. The fourth-order valence-corrected chi connectivity index (χ4v) is 4.35. The molecule has 1 saturated heterocycles. The van der Waals surface area contributed by atoms with E-state index in [1.54, 1.807) is 30.5 Å². The van der Waals surface area contributed by atoms with Crippen molar-refractivity contribution in [2.75, 3.05) is 13.1 Å². The number of piperidine rings is 1. The van der Waals surface area contributed by atoms with Gasteiger partial charge in [0.1, 0.15) is 0 Å². The zero-order valence-corrected chi connectivity index (χ0v) is 17.3. The number of aromatic nitrogens is 3. The number of nitrogens with one attached hydrogen (secondary N) is 1. The summed E-state index contributed by atoms with van der Waals surface area (Å²) in [6.45, 7) is 3.74. The molecule has 0 saturated carbocycles. The normalized spacial score (nSPS) is 17.0. The van der Waals surface area contributed by atoms with Gasteiger partial charge in [-0.2, -0.15) is 0 Å². The zero-order valence-electron chi connectivity index (χ0n) is 16.6. The number of likely N-dealkylation sites (tertiary alicyclic amines) is 1. The van der Waals surface area contributed by atoms with Gasteiger partial charge in [-0.05, 0) is 61.2 Å². The Hall–Kier alpha value is -3.12. The van der Waals surface area contributed by atoms with E-state index in [1.165, 1.54) is 4.68 Å². The summed E-state index contributed by atoms with van der Waals surface area (Å²) in [6.07, 6.45) is 3.77. The van der Waals surface area contributed by atoms with E-state index >= 15 is 0 Å².